The number of hydrogen-bond donors (Lipinski definition) is 1. The van der Waals surface area contributed by atoms with E-state index in [-0.39, 0.29) is 0 Å². The van der Waals surface area contributed by atoms with Gasteiger partial charge in [-0.2, -0.15) is 8.42 Å². The van der Waals surface area contributed by atoms with E-state index in [1.54, 1.807) is 0 Å². The monoisotopic (exact) mass is 426 g/mol. The van der Waals surface area contributed by atoms with Gasteiger partial charge in [0.15, 0.2) is 0 Å². The third-order valence-corrected chi connectivity index (χ3v) is 6.28. The van der Waals surface area contributed by atoms with E-state index in [1.165, 1.54) is 0 Å². The van der Waals surface area contributed by atoms with Crippen LogP contribution in [0.1, 0.15) is 22.3 Å². The fraction of sp³-hybridized carbons (Fsp3) is 0.571. The third kappa shape index (κ3) is 3.68. The standard InChI is InChI=1S/C14H20FIN2O2S/c1-9-12(8-21(15,19)20)10(2)14(11(3)13(9)16)18-6-4-17-5-7-18/h17H,4-8H2,1-3H3. The molecule has 1 heterocycles. The second-order valence-corrected chi connectivity index (χ2v) is 7.88. The first-order valence-electron chi connectivity index (χ1n) is 6.88. The van der Waals surface area contributed by atoms with Crippen molar-refractivity contribution in [3.63, 3.8) is 0 Å². The highest BCUT2D eigenvalue weighted by atomic mass is 127. The minimum absolute atomic E-state index is 0.542. The van der Waals surface area contributed by atoms with E-state index in [0.717, 1.165) is 52.1 Å². The summed E-state index contributed by atoms with van der Waals surface area (Å²) in [5.41, 5.74) is 4.55. The molecule has 0 spiro atoms. The second kappa shape index (κ2) is 6.37. The molecule has 4 nitrogen and oxygen atoms in total. The number of anilines is 1. The van der Waals surface area contributed by atoms with Crippen molar-refractivity contribution in [2.45, 2.75) is 26.5 Å². The second-order valence-electron chi connectivity index (χ2n) is 5.44. The quantitative estimate of drug-likeness (QED) is 0.596. The molecule has 1 saturated heterocycles. The molecule has 0 atom stereocenters. The summed E-state index contributed by atoms with van der Waals surface area (Å²) in [7, 11) is -4.53. The van der Waals surface area contributed by atoms with Crippen LogP contribution in [0.2, 0.25) is 0 Å². The predicted octanol–water partition coefficient (Wildman–Crippen LogP) is 2.43. The molecular formula is C14H20FIN2O2S. The van der Waals surface area contributed by atoms with Gasteiger partial charge in [0.1, 0.15) is 5.75 Å². The lowest BCUT2D eigenvalue weighted by Gasteiger charge is -2.33. The maximum absolute atomic E-state index is 13.2. The Morgan fingerprint density at radius 1 is 1.14 bits per heavy atom. The highest BCUT2D eigenvalue weighted by Crippen LogP contribution is 2.35. The summed E-state index contributed by atoms with van der Waals surface area (Å²) in [6, 6.07) is 0. The number of piperazine rings is 1. The van der Waals surface area contributed by atoms with Crippen LogP contribution in [0.5, 0.6) is 0 Å². The average Bonchev–Trinajstić information content (AvgIpc) is 2.42. The molecule has 0 radical (unpaired) electrons. The van der Waals surface area contributed by atoms with Crippen LogP contribution >= 0.6 is 22.6 Å². The van der Waals surface area contributed by atoms with Gasteiger partial charge in [-0.25, -0.2) is 0 Å². The van der Waals surface area contributed by atoms with E-state index in [9.17, 15) is 12.3 Å². The molecule has 0 aliphatic carbocycles. The van der Waals surface area contributed by atoms with Gasteiger partial charge in [0.2, 0.25) is 0 Å². The fourth-order valence-corrected chi connectivity index (χ4v) is 4.33. The molecular weight excluding hydrogens is 406 g/mol. The molecule has 0 amide bonds. The van der Waals surface area contributed by atoms with Crippen molar-refractivity contribution < 1.29 is 12.3 Å². The van der Waals surface area contributed by atoms with Crippen LogP contribution in [0, 0.1) is 24.3 Å². The van der Waals surface area contributed by atoms with Gasteiger partial charge < -0.3 is 10.2 Å². The first-order chi connectivity index (χ1) is 9.72. The van der Waals surface area contributed by atoms with Gasteiger partial charge in [-0.05, 0) is 65.6 Å². The first kappa shape index (κ1) is 17.0. The van der Waals surface area contributed by atoms with Crippen molar-refractivity contribution in [3.8, 4) is 0 Å². The van der Waals surface area contributed by atoms with Gasteiger partial charge in [0.05, 0.1) is 0 Å². The minimum Gasteiger partial charge on any atom is -0.369 e. The summed E-state index contributed by atoms with van der Waals surface area (Å²) in [5.74, 6) is -0.542. The summed E-state index contributed by atoms with van der Waals surface area (Å²) in [5, 5.41) is 3.30. The molecule has 21 heavy (non-hydrogen) atoms. The molecule has 1 aliphatic rings. The van der Waals surface area contributed by atoms with Crippen LogP contribution in [0.3, 0.4) is 0 Å². The lowest BCUT2D eigenvalue weighted by atomic mass is 9.97. The molecule has 0 bridgehead atoms. The van der Waals surface area contributed by atoms with Crippen molar-refractivity contribution in [1.82, 2.24) is 5.32 Å². The number of nitrogens with one attached hydrogen (secondary N) is 1. The lowest BCUT2D eigenvalue weighted by molar-refractivity contribution is 0.550. The van der Waals surface area contributed by atoms with Crippen LogP contribution < -0.4 is 10.2 Å². The Hall–Kier alpha value is -0.410. The molecule has 0 aromatic heterocycles. The minimum atomic E-state index is -4.53. The number of nitrogens with zero attached hydrogens (tertiary/aromatic N) is 1. The summed E-state index contributed by atoms with van der Waals surface area (Å²) in [6.45, 7) is 9.37. The SMILES string of the molecule is Cc1c(I)c(C)c(N2CCNCC2)c(C)c1CS(=O)(=O)F. The fourth-order valence-electron chi connectivity index (χ4n) is 2.97. The Morgan fingerprint density at radius 2 is 1.71 bits per heavy atom. The van der Waals surface area contributed by atoms with Gasteiger partial charge in [0.25, 0.3) is 0 Å². The number of halogens is 2. The molecule has 2 rings (SSSR count). The Morgan fingerprint density at radius 3 is 2.24 bits per heavy atom. The third-order valence-electron chi connectivity index (χ3n) is 4.02. The van der Waals surface area contributed by atoms with E-state index in [4.69, 9.17) is 0 Å². The van der Waals surface area contributed by atoms with Crippen molar-refractivity contribution in [2.24, 2.45) is 0 Å². The summed E-state index contributed by atoms with van der Waals surface area (Å²) in [6.07, 6.45) is 0. The van der Waals surface area contributed by atoms with Crippen molar-refractivity contribution in [1.29, 1.82) is 0 Å². The predicted molar refractivity (Wildman–Crippen MR) is 92.2 cm³/mol. The molecule has 1 N–H and O–H groups in total. The van der Waals surface area contributed by atoms with E-state index < -0.39 is 16.0 Å². The largest absolute Gasteiger partial charge is 0.369 e. The first-order valence-corrected chi connectivity index (χ1v) is 9.51. The van der Waals surface area contributed by atoms with E-state index in [0.29, 0.717) is 5.56 Å². The Kier molecular flexibility index (Phi) is 5.15. The molecule has 1 aliphatic heterocycles. The summed E-state index contributed by atoms with van der Waals surface area (Å²) >= 11 is 2.22. The average molecular weight is 426 g/mol. The van der Waals surface area contributed by atoms with E-state index >= 15 is 0 Å². The van der Waals surface area contributed by atoms with Gasteiger partial charge in [-0.1, -0.05) is 0 Å². The molecule has 0 saturated carbocycles. The Balaban J connectivity index is 2.59. The highest BCUT2D eigenvalue weighted by molar-refractivity contribution is 14.1. The molecule has 1 aromatic rings. The molecule has 118 valence electrons. The van der Waals surface area contributed by atoms with Crippen LogP contribution in [0.15, 0.2) is 0 Å². The summed E-state index contributed by atoms with van der Waals surface area (Å²) < 4.78 is 36.4. The van der Waals surface area contributed by atoms with E-state index in [2.05, 4.69) is 32.8 Å². The summed E-state index contributed by atoms with van der Waals surface area (Å²) in [4.78, 5) is 2.26. The zero-order chi connectivity index (χ0) is 15.8. The van der Waals surface area contributed by atoms with E-state index in [1.807, 2.05) is 20.8 Å². The maximum atomic E-state index is 13.2. The van der Waals surface area contributed by atoms with Crippen LogP contribution in [0.4, 0.5) is 9.57 Å². The molecule has 1 fully saturated rings. The Labute approximate surface area is 139 Å². The number of hydrogen-bond acceptors (Lipinski definition) is 4. The van der Waals surface area contributed by atoms with Crippen molar-refractivity contribution in [3.05, 3.63) is 25.8 Å². The Bertz CT molecular complexity index is 656. The van der Waals surface area contributed by atoms with Gasteiger partial charge >= 0.3 is 10.2 Å². The number of rotatable bonds is 3. The normalized spacial score (nSPS) is 16.3. The van der Waals surface area contributed by atoms with Gasteiger partial charge in [-0.15, -0.1) is 3.89 Å². The number of benzene rings is 1. The zero-order valence-corrected chi connectivity index (χ0v) is 15.4. The van der Waals surface area contributed by atoms with Crippen LogP contribution in [0.25, 0.3) is 0 Å². The maximum Gasteiger partial charge on any atom is 0.306 e. The van der Waals surface area contributed by atoms with Crippen LogP contribution in [-0.2, 0) is 16.0 Å². The lowest BCUT2D eigenvalue weighted by Crippen LogP contribution is -2.44. The van der Waals surface area contributed by atoms with Gasteiger partial charge in [-0.3, -0.25) is 0 Å². The van der Waals surface area contributed by atoms with Crippen molar-refractivity contribution >= 4 is 38.5 Å². The molecule has 1 aromatic carbocycles. The van der Waals surface area contributed by atoms with Crippen LogP contribution in [-0.4, -0.2) is 34.6 Å². The topological polar surface area (TPSA) is 49.4 Å². The molecule has 7 heteroatoms. The highest BCUT2D eigenvalue weighted by Gasteiger charge is 2.23. The zero-order valence-electron chi connectivity index (χ0n) is 12.5. The van der Waals surface area contributed by atoms with Crippen molar-refractivity contribution in [2.75, 3.05) is 31.1 Å². The molecule has 0 unspecified atom stereocenters. The smallest absolute Gasteiger partial charge is 0.306 e. The van der Waals surface area contributed by atoms with Gasteiger partial charge in [0, 0.05) is 35.4 Å².